The molecule has 6 rings (SSSR count). The molecule has 6 nitrogen and oxygen atoms in total. The van der Waals surface area contributed by atoms with Crippen molar-refractivity contribution in [2.24, 2.45) is 5.10 Å². The maximum Gasteiger partial charge on any atom is 0.282 e. The van der Waals surface area contributed by atoms with E-state index in [1.54, 1.807) is 30.5 Å². The lowest BCUT2D eigenvalue weighted by atomic mass is 10.2. The highest BCUT2D eigenvalue weighted by atomic mass is 35.5. The number of hydrogen-bond donors (Lipinski definition) is 0. The molecule has 0 aliphatic rings. The average Bonchev–Trinajstić information content (AvgIpc) is 3.44. The fraction of sp³-hybridized carbons (Fsp3) is 0.0690. The minimum absolute atomic E-state index is 0.285. The van der Waals surface area contributed by atoms with Crippen LogP contribution in [0.5, 0.6) is 0 Å². The predicted molar refractivity (Wildman–Crippen MR) is 149 cm³/mol. The molecule has 3 heterocycles. The summed E-state index contributed by atoms with van der Waals surface area (Å²) in [6, 6.07) is 24.1. The normalized spacial score (nSPS) is 11.8. The molecular weight excluding hydrogens is 507 g/mol. The van der Waals surface area contributed by atoms with Gasteiger partial charge in [-0.1, -0.05) is 53.5 Å². The Balaban J connectivity index is 1.51. The third kappa shape index (κ3) is 4.04. The molecule has 0 N–H and O–H groups in total. The summed E-state index contributed by atoms with van der Waals surface area (Å²) in [6.07, 6.45) is 1.66. The minimum Gasteiger partial charge on any atom is -0.453 e. The second-order valence-electron chi connectivity index (χ2n) is 8.72. The van der Waals surface area contributed by atoms with E-state index in [-0.39, 0.29) is 5.56 Å². The first kappa shape index (κ1) is 23.3. The first-order valence-electron chi connectivity index (χ1n) is 11.6. The zero-order valence-corrected chi connectivity index (χ0v) is 21.5. The average molecular weight is 527 g/mol. The van der Waals surface area contributed by atoms with Crippen molar-refractivity contribution in [1.82, 2.24) is 14.2 Å². The van der Waals surface area contributed by atoms with Crippen LogP contribution in [-0.4, -0.2) is 20.4 Å². The highest BCUT2D eigenvalue weighted by Gasteiger charge is 2.17. The largest absolute Gasteiger partial charge is 0.453 e. The number of hydrogen-bond acceptors (Lipinski definition) is 4. The highest BCUT2D eigenvalue weighted by Crippen LogP contribution is 2.29. The molecule has 6 aromatic rings. The third-order valence-electron chi connectivity index (χ3n) is 6.33. The summed E-state index contributed by atoms with van der Waals surface area (Å²) in [5, 5.41) is 7.10. The first-order chi connectivity index (χ1) is 17.9. The Labute approximate surface area is 222 Å². The van der Waals surface area contributed by atoms with E-state index in [0.717, 1.165) is 28.0 Å². The minimum atomic E-state index is -0.285. The molecule has 3 aromatic heterocycles. The van der Waals surface area contributed by atoms with Gasteiger partial charge in [-0.2, -0.15) is 9.78 Å². The van der Waals surface area contributed by atoms with Crippen molar-refractivity contribution in [2.75, 3.05) is 0 Å². The molecule has 0 atom stereocenters. The summed E-state index contributed by atoms with van der Waals surface area (Å²) >= 11 is 12.6. The number of para-hydroxylation sites is 2. The summed E-state index contributed by atoms with van der Waals surface area (Å²) < 4.78 is 9.38. The van der Waals surface area contributed by atoms with Crippen molar-refractivity contribution in [3.05, 3.63) is 116 Å². The van der Waals surface area contributed by atoms with Gasteiger partial charge in [0.05, 0.1) is 27.8 Å². The fourth-order valence-corrected chi connectivity index (χ4v) is 5.05. The topological polar surface area (TPSA) is 65.3 Å². The second-order valence-corrected chi connectivity index (χ2v) is 9.56. The molecule has 0 unspecified atom stereocenters. The van der Waals surface area contributed by atoms with Crippen molar-refractivity contribution in [2.45, 2.75) is 13.8 Å². The Morgan fingerprint density at radius 2 is 1.73 bits per heavy atom. The SMILES string of the molecule is Cc1cc(C=Nn2c(-c3cc4ccccc4o3)nc3ccccc3c2=O)c(C)n1-c1ccc(Cl)cc1Cl. The molecule has 0 aliphatic heterocycles. The van der Waals surface area contributed by atoms with Gasteiger partial charge in [0, 0.05) is 27.4 Å². The zero-order valence-electron chi connectivity index (χ0n) is 19.9. The molecule has 37 heavy (non-hydrogen) atoms. The lowest BCUT2D eigenvalue weighted by molar-refractivity contribution is 0.616. The van der Waals surface area contributed by atoms with Crippen molar-refractivity contribution in [1.29, 1.82) is 0 Å². The van der Waals surface area contributed by atoms with E-state index in [1.165, 1.54) is 4.68 Å². The van der Waals surface area contributed by atoms with Crippen molar-refractivity contribution < 1.29 is 4.42 Å². The monoisotopic (exact) mass is 526 g/mol. The Morgan fingerprint density at radius 1 is 0.946 bits per heavy atom. The van der Waals surface area contributed by atoms with Gasteiger partial charge in [0.25, 0.3) is 5.56 Å². The fourth-order valence-electron chi connectivity index (χ4n) is 4.55. The Hall–Kier alpha value is -4.13. The number of halogens is 2. The molecular formula is C29H20Cl2N4O2. The van der Waals surface area contributed by atoms with Crippen LogP contribution < -0.4 is 5.56 Å². The summed E-state index contributed by atoms with van der Waals surface area (Å²) in [7, 11) is 0. The van der Waals surface area contributed by atoms with Crippen LogP contribution in [-0.2, 0) is 0 Å². The summed E-state index contributed by atoms with van der Waals surface area (Å²) in [5.74, 6) is 0.783. The molecule has 0 spiro atoms. The van der Waals surface area contributed by atoms with Gasteiger partial charge in [0.1, 0.15) is 5.58 Å². The zero-order chi connectivity index (χ0) is 25.7. The van der Waals surface area contributed by atoms with Crippen LogP contribution in [0.3, 0.4) is 0 Å². The summed E-state index contributed by atoms with van der Waals surface area (Å²) in [4.78, 5) is 18.3. The van der Waals surface area contributed by atoms with Gasteiger partial charge in [0.15, 0.2) is 5.76 Å². The highest BCUT2D eigenvalue weighted by molar-refractivity contribution is 6.35. The number of aryl methyl sites for hydroxylation is 1. The number of furan rings is 1. The van der Waals surface area contributed by atoms with Gasteiger partial charge in [-0.25, -0.2) is 4.98 Å². The van der Waals surface area contributed by atoms with Gasteiger partial charge in [-0.3, -0.25) is 4.79 Å². The number of benzene rings is 3. The standard InChI is InChI=1S/C29H20Cl2N4O2/c1-17-13-20(18(2)34(17)25-12-11-21(30)15-23(25)31)16-32-35-28(27-14-19-7-3-6-10-26(19)37-27)33-24-9-5-4-8-22(24)29(35)36/h3-16H,1-2H3. The molecule has 0 saturated heterocycles. The quantitative estimate of drug-likeness (QED) is 0.224. The van der Waals surface area contributed by atoms with Crippen molar-refractivity contribution >= 4 is 51.3 Å². The molecule has 0 amide bonds. The van der Waals surface area contributed by atoms with Crippen LogP contribution >= 0.6 is 23.2 Å². The third-order valence-corrected chi connectivity index (χ3v) is 6.87. The predicted octanol–water partition coefficient (Wildman–Crippen LogP) is 7.41. The van der Waals surface area contributed by atoms with E-state index in [9.17, 15) is 4.79 Å². The number of nitrogens with zero attached hydrogens (tertiary/aromatic N) is 4. The van der Waals surface area contributed by atoms with E-state index < -0.39 is 0 Å². The number of fused-ring (bicyclic) bond motifs is 2. The van der Waals surface area contributed by atoms with E-state index in [2.05, 4.69) is 5.10 Å². The van der Waals surface area contributed by atoms with Gasteiger partial charge in [-0.15, -0.1) is 0 Å². The maximum atomic E-state index is 13.5. The van der Waals surface area contributed by atoms with E-state index in [4.69, 9.17) is 32.6 Å². The smallest absolute Gasteiger partial charge is 0.282 e. The molecule has 0 bridgehead atoms. The second kappa shape index (κ2) is 9.07. The molecule has 0 fully saturated rings. The molecule has 0 radical (unpaired) electrons. The van der Waals surface area contributed by atoms with Gasteiger partial charge >= 0.3 is 0 Å². The van der Waals surface area contributed by atoms with Gasteiger partial charge in [-0.05, 0) is 62.4 Å². The summed E-state index contributed by atoms with van der Waals surface area (Å²) in [5.41, 5.74) is 4.52. The van der Waals surface area contributed by atoms with Crippen LogP contribution in [0.2, 0.25) is 10.0 Å². The molecule has 0 aliphatic carbocycles. The van der Waals surface area contributed by atoms with Gasteiger partial charge in [0.2, 0.25) is 5.82 Å². The van der Waals surface area contributed by atoms with E-state index in [1.807, 2.05) is 73.0 Å². The summed E-state index contributed by atoms with van der Waals surface area (Å²) in [6.45, 7) is 3.96. The number of rotatable bonds is 4. The molecule has 0 saturated carbocycles. The lowest BCUT2D eigenvalue weighted by Crippen LogP contribution is -2.20. The van der Waals surface area contributed by atoms with E-state index >= 15 is 0 Å². The van der Waals surface area contributed by atoms with Crippen molar-refractivity contribution in [3.8, 4) is 17.3 Å². The molecule has 3 aromatic carbocycles. The van der Waals surface area contributed by atoms with Gasteiger partial charge < -0.3 is 8.98 Å². The molecule has 8 heteroatoms. The van der Waals surface area contributed by atoms with Crippen LogP contribution in [0.25, 0.3) is 39.1 Å². The van der Waals surface area contributed by atoms with Crippen LogP contribution in [0.1, 0.15) is 17.0 Å². The Bertz CT molecular complexity index is 1880. The van der Waals surface area contributed by atoms with Crippen LogP contribution in [0.15, 0.2) is 93.2 Å². The Morgan fingerprint density at radius 3 is 2.54 bits per heavy atom. The maximum absolute atomic E-state index is 13.5. The van der Waals surface area contributed by atoms with Crippen molar-refractivity contribution in [3.63, 3.8) is 0 Å². The van der Waals surface area contributed by atoms with E-state index in [0.29, 0.717) is 38.1 Å². The first-order valence-corrected chi connectivity index (χ1v) is 12.4. The number of aromatic nitrogens is 3. The lowest BCUT2D eigenvalue weighted by Gasteiger charge is -2.12. The van der Waals surface area contributed by atoms with Crippen LogP contribution in [0.4, 0.5) is 0 Å². The van der Waals surface area contributed by atoms with Crippen LogP contribution in [0, 0.1) is 13.8 Å². The molecule has 182 valence electrons. The Kier molecular flexibility index (Phi) is 5.71.